The molecule has 0 aliphatic carbocycles. The first-order valence-corrected chi connectivity index (χ1v) is 36.0. The molecule has 0 spiro atoms. The van der Waals surface area contributed by atoms with Crippen LogP contribution >= 0.6 is 0 Å². The molecule has 0 unspecified atom stereocenters. The maximum Gasteiger partial charge on any atom is 4.00 e. The van der Waals surface area contributed by atoms with Gasteiger partial charge in [0.05, 0.1) is 0 Å². The fraction of sp³-hybridized carbons (Fsp3) is 0.897. The van der Waals surface area contributed by atoms with Crippen LogP contribution in [0.3, 0.4) is 0 Å². The monoisotopic (exact) mass is 913 g/mol. The largest absolute Gasteiger partial charge is 4.00 e. The summed E-state index contributed by atoms with van der Waals surface area (Å²) in [5.74, 6) is 0. The summed E-state index contributed by atoms with van der Waals surface area (Å²) in [6.07, 6.45) is 3.83. The third-order valence-corrected chi connectivity index (χ3v) is 20.4. The van der Waals surface area contributed by atoms with Crippen molar-refractivity contribution >= 4 is 49.4 Å². The van der Waals surface area contributed by atoms with Crippen LogP contribution in [0, 0.1) is 31.1 Å². The maximum atomic E-state index is 10.0. The van der Waals surface area contributed by atoms with Crippen molar-refractivity contribution in [2.24, 2.45) is 0 Å². The van der Waals surface area contributed by atoms with Crippen molar-refractivity contribution in [3.63, 3.8) is 0 Å². The number of aromatic nitrogens is 2. The second-order valence-electron chi connectivity index (χ2n) is 19.0. The zero-order valence-corrected chi connectivity index (χ0v) is 43.0. The topological polar surface area (TPSA) is 74.5 Å². The van der Waals surface area contributed by atoms with Crippen LogP contribution in [0.5, 0.6) is 0 Å². The van der Waals surface area contributed by atoms with E-state index in [1.165, 1.54) is 0 Å². The Balaban J connectivity index is -0.000000233. The molecule has 0 amide bonds. The summed E-state index contributed by atoms with van der Waals surface area (Å²) in [5, 5.41) is 10.0. The summed E-state index contributed by atoms with van der Waals surface area (Å²) in [4.78, 5) is 0. The van der Waals surface area contributed by atoms with Gasteiger partial charge in [0.25, 0.3) is 0 Å². The van der Waals surface area contributed by atoms with Gasteiger partial charge in [-0.2, -0.15) is 0 Å². The molecule has 0 saturated carbocycles. The Morgan fingerprint density at radius 1 is 0.429 bits per heavy atom. The van der Waals surface area contributed by atoms with Gasteiger partial charge in [0.15, 0.2) is 0 Å². The predicted octanol–water partition coefficient (Wildman–Crippen LogP) is 11.4. The van der Waals surface area contributed by atoms with Crippen molar-refractivity contribution < 1.29 is 31.1 Å². The van der Waals surface area contributed by atoms with Crippen LogP contribution in [-0.2, 0) is 11.1 Å². The summed E-state index contributed by atoms with van der Waals surface area (Å²) in [5.41, 5.74) is 0.145. The number of nitrogens with zero attached hydrogens (tertiary/aromatic N) is 6. The van der Waals surface area contributed by atoms with E-state index in [0.717, 1.165) is 0 Å². The average molecular weight is 913 g/mol. The van der Waals surface area contributed by atoms with Crippen molar-refractivity contribution in [2.75, 3.05) is 0 Å². The molecule has 0 aromatic carbocycles. The van der Waals surface area contributed by atoms with Gasteiger partial charge in [0.1, 0.15) is 0 Å². The van der Waals surface area contributed by atoms with Gasteiger partial charge < -0.3 is 28.5 Å². The maximum absolute atomic E-state index is 10.0. The van der Waals surface area contributed by atoms with Gasteiger partial charge in [0.2, 0.25) is 0 Å². The zero-order chi connectivity index (χ0) is 34.3. The van der Waals surface area contributed by atoms with E-state index in [2.05, 4.69) is 159 Å². The predicted molar refractivity (Wildman–Crippen MR) is 209 cm³/mol. The minimum atomic E-state index is -1.11. The van der Waals surface area contributed by atoms with E-state index in [4.69, 9.17) is 13.9 Å². The number of rotatable bonds is 6. The first-order valence-electron chi connectivity index (χ1n) is 15.3. The van der Waals surface area contributed by atoms with Gasteiger partial charge in [0, 0.05) is 5.62 Å². The Kier molecular flexibility index (Phi) is 21.4. The van der Waals surface area contributed by atoms with Gasteiger partial charge >= 0.3 is 31.1 Å². The molecule has 0 atom stereocenters. The molecule has 13 heteroatoms. The molecule has 0 aliphatic heterocycles. The molecule has 6 nitrogen and oxygen atoms in total. The van der Waals surface area contributed by atoms with E-state index in [-0.39, 0.29) is 42.2 Å². The smallest absolute Gasteiger partial charge is 0.668 e. The van der Waals surface area contributed by atoms with Gasteiger partial charge in [-0.05, 0) is 23.5 Å². The Bertz CT molecular complexity index is 790. The van der Waals surface area contributed by atoms with Gasteiger partial charge in [-0.3, -0.25) is 0 Å². The van der Waals surface area contributed by atoms with Crippen LogP contribution < -0.4 is 5.62 Å². The van der Waals surface area contributed by atoms with Gasteiger partial charge in [-0.1, -0.05) is 209 Å². The van der Waals surface area contributed by atoms with E-state index in [1.807, 2.05) is 21.5 Å². The molecule has 0 saturated heterocycles. The quantitative estimate of drug-likeness (QED) is 0.255. The SMILES string of the molecule is CC(C)(C)n1ccn(C(C)(C)C)c1=[N-].C[Si](C)(C)[N-][Si](C)(C)C.C[Si](C)(C)[N-][Si](C)(C)C.C[Si](C)(C)[N-][Si](C)(C)C.[U+4]. The van der Waals surface area contributed by atoms with Crippen LogP contribution in [-0.4, -0.2) is 58.5 Å². The Morgan fingerprint density at radius 3 is 0.619 bits per heavy atom. The van der Waals surface area contributed by atoms with Crippen LogP contribution in [0.2, 0.25) is 118 Å². The van der Waals surface area contributed by atoms with Crippen molar-refractivity contribution in [3.8, 4) is 0 Å². The van der Waals surface area contributed by atoms with E-state index in [0.29, 0.717) is 5.62 Å². The number of hydrogen-bond acceptors (Lipinski definition) is 0. The van der Waals surface area contributed by atoms with Crippen molar-refractivity contribution in [2.45, 2.75) is 170 Å². The summed E-state index contributed by atoms with van der Waals surface area (Å²) < 4.78 is 18.2. The summed E-state index contributed by atoms with van der Waals surface area (Å²) >= 11 is 0. The molecule has 0 bridgehead atoms. The number of imidazole rings is 1. The van der Waals surface area contributed by atoms with Crippen molar-refractivity contribution in [1.29, 1.82) is 0 Å². The molecular weight excluding hydrogens is 839 g/mol. The third kappa shape index (κ3) is 34.1. The molecular formula is C29H74N6Si6U. The minimum absolute atomic E-state index is 0. The van der Waals surface area contributed by atoms with Gasteiger partial charge in [-0.25, -0.2) is 0 Å². The first-order chi connectivity index (χ1) is 17.3. The molecule has 1 heterocycles. The summed E-state index contributed by atoms with van der Waals surface area (Å²) in [6.45, 7) is 53.8. The van der Waals surface area contributed by atoms with Crippen LogP contribution in [0.4, 0.5) is 0 Å². The normalized spacial score (nSPS) is 13.4. The molecule has 0 fully saturated rings. The van der Waals surface area contributed by atoms with Crippen molar-refractivity contribution in [3.05, 3.63) is 37.4 Å². The van der Waals surface area contributed by atoms with E-state index < -0.39 is 49.4 Å². The van der Waals surface area contributed by atoms with Crippen LogP contribution in [0.15, 0.2) is 12.4 Å². The Morgan fingerprint density at radius 2 is 0.571 bits per heavy atom. The second kappa shape index (κ2) is 18.0. The second-order valence-corrected chi connectivity index (χ2v) is 47.8. The fourth-order valence-corrected chi connectivity index (χ4v) is 28.6. The molecule has 42 heavy (non-hydrogen) atoms. The van der Waals surface area contributed by atoms with E-state index in [9.17, 15) is 5.41 Å². The number of hydrogen-bond donors (Lipinski definition) is 0. The zero-order valence-electron chi connectivity index (χ0n) is 32.8. The fourth-order valence-electron chi connectivity index (χ4n) is 4.45. The van der Waals surface area contributed by atoms with E-state index >= 15 is 0 Å². The van der Waals surface area contributed by atoms with E-state index in [1.54, 1.807) is 0 Å². The summed E-state index contributed by atoms with van der Waals surface area (Å²) in [6, 6.07) is 0. The Labute approximate surface area is 295 Å². The minimum Gasteiger partial charge on any atom is -0.668 e. The van der Waals surface area contributed by atoms with Crippen molar-refractivity contribution in [1.82, 2.24) is 9.13 Å². The average Bonchev–Trinajstić information content (AvgIpc) is 2.87. The standard InChI is InChI=1S/C11H20N3.3C6H18NSi2.U/c1-10(2,3)13-7-8-14(9(13)12)11(4,5)6;3*1-8(2,3)7-9(4,5)6;/h7-8H,1-6H3;3*1-6H3;/q4*-1;+4. The molecule has 0 aliphatic rings. The molecule has 1 aromatic rings. The van der Waals surface area contributed by atoms with Gasteiger partial charge in [-0.15, -0.1) is 0 Å². The molecule has 0 N–H and O–H groups in total. The first kappa shape index (κ1) is 50.1. The molecule has 1 aromatic heterocycles. The third-order valence-electron chi connectivity index (χ3n) is 4.25. The Hall–Kier alpha value is 1.24. The molecule has 0 radical (unpaired) electrons. The molecule has 1 rings (SSSR count). The van der Waals surface area contributed by atoms with Crippen LogP contribution in [0.25, 0.3) is 19.4 Å². The molecule has 248 valence electrons. The van der Waals surface area contributed by atoms with Crippen LogP contribution in [0.1, 0.15) is 41.5 Å². The summed E-state index contributed by atoms with van der Waals surface area (Å²) in [7, 11) is -6.64.